The fraction of sp³-hybridized carbons (Fsp3) is 0.400. The van der Waals surface area contributed by atoms with Gasteiger partial charge in [-0.2, -0.15) is 0 Å². The maximum atomic E-state index is 6.24. The highest BCUT2D eigenvalue weighted by Crippen LogP contribution is 2.21. The molecular weight excluding hydrogens is 395 g/mol. The van der Waals surface area contributed by atoms with Crippen molar-refractivity contribution in [3.63, 3.8) is 0 Å². The fourth-order valence-electron chi connectivity index (χ4n) is 3.11. The zero-order valence-corrected chi connectivity index (χ0v) is 17.8. The lowest BCUT2D eigenvalue weighted by molar-refractivity contribution is 0.312. The number of aromatic nitrogens is 1. The lowest BCUT2D eigenvalue weighted by Gasteiger charge is -2.34. The Morgan fingerprint density at radius 3 is 2.46 bits per heavy atom. The Hall–Kier alpha value is -2.02. The number of hydrogen-bond donors (Lipinski definition) is 2. The van der Waals surface area contributed by atoms with Crippen molar-refractivity contribution in [1.29, 1.82) is 0 Å². The van der Waals surface area contributed by atoms with Crippen molar-refractivity contribution < 1.29 is 0 Å². The maximum Gasteiger partial charge on any atom is 0.191 e. The zero-order chi connectivity index (χ0) is 19.9. The molecule has 150 valence electrons. The van der Waals surface area contributed by atoms with E-state index >= 15 is 0 Å². The van der Waals surface area contributed by atoms with Crippen LogP contribution in [0.4, 0.5) is 5.82 Å². The summed E-state index contributed by atoms with van der Waals surface area (Å²) >= 11 is 12.2. The zero-order valence-electron chi connectivity index (χ0n) is 16.3. The monoisotopic (exact) mass is 420 g/mol. The summed E-state index contributed by atoms with van der Waals surface area (Å²) in [6.45, 7) is 5.28. The van der Waals surface area contributed by atoms with Crippen LogP contribution in [0.2, 0.25) is 10.0 Å². The number of aliphatic imine (C=N–C) groups is 1. The van der Waals surface area contributed by atoms with Gasteiger partial charge in [-0.25, -0.2) is 4.98 Å². The fourth-order valence-corrected chi connectivity index (χ4v) is 3.59. The van der Waals surface area contributed by atoms with Crippen LogP contribution in [-0.4, -0.2) is 56.1 Å². The second-order valence-corrected chi connectivity index (χ2v) is 7.64. The van der Waals surface area contributed by atoms with Crippen LogP contribution in [0, 0.1) is 0 Å². The number of piperazine rings is 1. The first-order valence-corrected chi connectivity index (χ1v) is 10.1. The number of nitrogens with one attached hydrogen (secondary N) is 2. The molecule has 2 heterocycles. The van der Waals surface area contributed by atoms with Gasteiger partial charge in [-0.05, 0) is 30.8 Å². The van der Waals surface area contributed by atoms with E-state index in [1.165, 1.54) is 0 Å². The Kier molecular flexibility index (Phi) is 7.36. The molecular formula is C20H26Cl2N6. The van der Waals surface area contributed by atoms with Gasteiger partial charge in [0.05, 0.1) is 0 Å². The van der Waals surface area contributed by atoms with Gasteiger partial charge in [-0.3, -0.25) is 4.99 Å². The number of benzene rings is 1. The Bertz CT molecular complexity index is 818. The summed E-state index contributed by atoms with van der Waals surface area (Å²) in [5.74, 6) is 1.75. The van der Waals surface area contributed by atoms with E-state index in [9.17, 15) is 0 Å². The first-order valence-electron chi connectivity index (χ1n) is 9.32. The number of anilines is 1. The van der Waals surface area contributed by atoms with Gasteiger partial charge in [-0.1, -0.05) is 35.3 Å². The standard InChI is InChI=1S/C20H26Cl2N6/c1-23-20(25-13-15-5-6-17(21)12-18(15)22)26-14-16-4-3-7-24-19(16)28-10-8-27(2)9-11-28/h3-7,12H,8-11,13-14H2,1-2H3,(H2,23,25,26). The molecule has 0 amide bonds. The first-order chi connectivity index (χ1) is 13.6. The molecule has 6 nitrogen and oxygen atoms in total. The van der Waals surface area contributed by atoms with Crippen molar-refractivity contribution in [2.45, 2.75) is 13.1 Å². The number of rotatable bonds is 5. The Morgan fingerprint density at radius 1 is 1.07 bits per heavy atom. The van der Waals surface area contributed by atoms with Crippen molar-refractivity contribution >= 4 is 35.0 Å². The molecule has 1 fully saturated rings. The average Bonchev–Trinajstić information content (AvgIpc) is 2.70. The van der Waals surface area contributed by atoms with Crippen LogP contribution in [0.15, 0.2) is 41.5 Å². The predicted molar refractivity (Wildman–Crippen MR) is 117 cm³/mol. The van der Waals surface area contributed by atoms with Crippen LogP contribution in [0.5, 0.6) is 0 Å². The molecule has 0 bridgehead atoms. The van der Waals surface area contributed by atoms with Gasteiger partial charge in [-0.15, -0.1) is 0 Å². The second kappa shape index (κ2) is 9.96. The summed E-state index contributed by atoms with van der Waals surface area (Å²) < 4.78 is 0. The molecule has 1 aliphatic rings. The summed E-state index contributed by atoms with van der Waals surface area (Å²) in [6.07, 6.45) is 1.85. The minimum absolute atomic E-state index is 0.564. The molecule has 0 radical (unpaired) electrons. The van der Waals surface area contributed by atoms with Crippen molar-refractivity contribution in [3.05, 3.63) is 57.7 Å². The SMILES string of the molecule is CN=C(NCc1ccc(Cl)cc1Cl)NCc1cccnc1N1CCN(C)CC1. The molecule has 0 atom stereocenters. The van der Waals surface area contributed by atoms with Gasteiger partial charge in [0.25, 0.3) is 0 Å². The van der Waals surface area contributed by atoms with Crippen molar-refractivity contribution in [3.8, 4) is 0 Å². The van der Waals surface area contributed by atoms with Gasteiger partial charge in [0.1, 0.15) is 5.82 Å². The number of guanidine groups is 1. The van der Waals surface area contributed by atoms with Gasteiger partial charge >= 0.3 is 0 Å². The van der Waals surface area contributed by atoms with E-state index in [4.69, 9.17) is 23.2 Å². The number of hydrogen-bond acceptors (Lipinski definition) is 4. The third-order valence-corrected chi connectivity index (χ3v) is 5.39. The highest BCUT2D eigenvalue weighted by atomic mass is 35.5. The van der Waals surface area contributed by atoms with Crippen LogP contribution < -0.4 is 15.5 Å². The molecule has 0 saturated carbocycles. The summed E-state index contributed by atoms with van der Waals surface area (Å²) in [4.78, 5) is 13.6. The minimum Gasteiger partial charge on any atom is -0.354 e. The summed E-state index contributed by atoms with van der Waals surface area (Å²) in [6, 6.07) is 9.57. The molecule has 1 saturated heterocycles. The summed E-state index contributed by atoms with van der Waals surface area (Å²) in [5, 5.41) is 7.93. The van der Waals surface area contributed by atoms with Gasteiger partial charge in [0, 0.05) is 68.1 Å². The lowest BCUT2D eigenvalue weighted by atomic mass is 10.2. The van der Waals surface area contributed by atoms with Crippen LogP contribution >= 0.6 is 23.2 Å². The van der Waals surface area contributed by atoms with E-state index in [-0.39, 0.29) is 0 Å². The normalized spacial score (nSPS) is 15.6. The molecule has 2 aromatic rings. The molecule has 3 rings (SSSR count). The first kappa shape index (κ1) is 20.7. The average molecular weight is 421 g/mol. The Balaban J connectivity index is 1.59. The molecule has 1 aromatic heterocycles. The largest absolute Gasteiger partial charge is 0.354 e. The van der Waals surface area contributed by atoms with Crippen LogP contribution in [0.25, 0.3) is 0 Å². The molecule has 0 aliphatic carbocycles. The van der Waals surface area contributed by atoms with Crippen molar-refractivity contribution in [2.24, 2.45) is 4.99 Å². The minimum atomic E-state index is 0.564. The quantitative estimate of drug-likeness (QED) is 0.574. The molecule has 0 spiro atoms. The second-order valence-electron chi connectivity index (χ2n) is 6.79. The topological polar surface area (TPSA) is 55.8 Å². The molecule has 1 aliphatic heterocycles. The van der Waals surface area contributed by atoms with Crippen LogP contribution in [0.3, 0.4) is 0 Å². The van der Waals surface area contributed by atoms with Crippen molar-refractivity contribution in [1.82, 2.24) is 20.5 Å². The molecule has 1 aromatic carbocycles. The van der Waals surface area contributed by atoms with E-state index < -0.39 is 0 Å². The van der Waals surface area contributed by atoms with Gasteiger partial charge in [0.2, 0.25) is 0 Å². The van der Waals surface area contributed by atoms with E-state index in [1.807, 2.05) is 24.4 Å². The Labute approximate surface area is 176 Å². The van der Waals surface area contributed by atoms with Crippen molar-refractivity contribution in [2.75, 3.05) is 45.2 Å². The molecule has 2 N–H and O–H groups in total. The summed E-state index contributed by atoms with van der Waals surface area (Å²) in [7, 11) is 3.91. The van der Waals surface area contributed by atoms with E-state index in [0.29, 0.717) is 29.1 Å². The number of halogens is 2. The number of nitrogens with zero attached hydrogens (tertiary/aromatic N) is 4. The lowest BCUT2D eigenvalue weighted by Crippen LogP contribution is -2.45. The smallest absolute Gasteiger partial charge is 0.191 e. The van der Waals surface area contributed by atoms with Crippen LogP contribution in [-0.2, 0) is 13.1 Å². The third kappa shape index (κ3) is 5.50. The highest BCUT2D eigenvalue weighted by molar-refractivity contribution is 6.35. The molecule has 28 heavy (non-hydrogen) atoms. The summed E-state index contributed by atoms with van der Waals surface area (Å²) in [5.41, 5.74) is 2.12. The third-order valence-electron chi connectivity index (χ3n) is 4.80. The molecule has 0 unspecified atom stereocenters. The van der Waals surface area contributed by atoms with E-state index in [1.54, 1.807) is 13.1 Å². The van der Waals surface area contributed by atoms with E-state index in [2.05, 4.69) is 43.5 Å². The van der Waals surface area contributed by atoms with Crippen LogP contribution in [0.1, 0.15) is 11.1 Å². The number of pyridine rings is 1. The Morgan fingerprint density at radius 2 is 1.79 bits per heavy atom. The number of likely N-dealkylation sites (N-methyl/N-ethyl adjacent to an activating group) is 1. The van der Waals surface area contributed by atoms with Gasteiger partial charge in [0.15, 0.2) is 5.96 Å². The molecule has 8 heteroatoms. The predicted octanol–water partition coefficient (Wildman–Crippen LogP) is 3.01. The maximum absolute atomic E-state index is 6.24. The van der Waals surface area contributed by atoms with E-state index in [0.717, 1.165) is 43.1 Å². The van der Waals surface area contributed by atoms with Gasteiger partial charge < -0.3 is 20.4 Å². The highest BCUT2D eigenvalue weighted by Gasteiger charge is 2.18.